The number of aromatic nitrogens is 4. The molecule has 0 aromatic carbocycles. The van der Waals surface area contributed by atoms with Crippen LogP contribution in [0.15, 0.2) is 24.5 Å². The van der Waals surface area contributed by atoms with Gasteiger partial charge < -0.3 is 15.7 Å². The topological polar surface area (TPSA) is 93.1 Å². The SMILES string of the molecule is Nc1nc(N2CC(F)(F)CC2CO)cc(-n2cccn2)n1. The summed E-state index contributed by atoms with van der Waals surface area (Å²) in [4.78, 5) is 9.37. The van der Waals surface area contributed by atoms with E-state index in [1.165, 1.54) is 15.6 Å². The normalized spacial score (nSPS) is 20.9. The van der Waals surface area contributed by atoms with E-state index in [0.717, 1.165) is 0 Å². The molecule has 3 heterocycles. The molecule has 3 rings (SSSR count). The Balaban J connectivity index is 1.99. The van der Waals surface area contributed by atoms with E-state index in [1.54, 1.807) is 18.5 Å². The van der Waals surface area contributed by atoms with Crippen LogP contribution in [-0.4, -0.2) is 50.0 Å². The Hall–Kier alpha value is -2.29. The highest BCUT2D eigenvalue weighted by molar-refractivity contribution is 5.50. The van der Waals surface area contributed by atoms with Crippen LogP contribution >= 0.6 is 0 Å². The maximum absolute atomic E-state index is 13.5. The molecule has 0 bridgehead atoms. The van der Waals surface area contributed by atoms with E-state index in [4.69, 9.17) is 5.73 Å². The molecule has 1 saturated heterocycles. The van der Waals surface area contributed by atoms with Crippen LogP contribution in [0.25, 0.3) is 5.82 Å². The van der Waals surface area contributed by atoms with Gasteiger partial charge in [-0.15, -0.1) is 0 Å². The molecule has 9 heteroatoms. The Kier molecular flexibility index (Phi) is 3.20. The lowest BCUT2D eigenvalue weighted by Gasteiger charge is -2.23. The fourth-order valence-electron chi connectivity index (χ4n) is 2.44. The molecule has 1 aliphatic rings. The number of aliphatic hydroxyl groups excluding tert-OH is 1. The molecule has 1 aliphatic heterocycles. The molecule has 21 heavy (non-hydrogen) atoms. The zero-order valence-electron chi connectivity index (χ0n) is 11.0. The number of alkyl halides is 2. The third-order valence-electron chi connectivity index (χ3n) is 3.34. The Morgan fingerprint density at radius 2 is 2.14 bits per heavy atom. The number of aliphatic hydroxyl groups is 1. The standard InChI is InChI=1S/C12H14F2N6O/c13-12(14)5-8(6-21)19(7-12)9-4-10(18-11(15)17-9)20-3-1-2-16-20/h1-4,8,21H,5-7H2,(H2,15,17,18). The first-order chi connectivity index (χ1) is 9.98. The molecule has 1 fully saturated rings. The van der Waals surface area contributed by atoms with Crippen molar-refractivity contribution in [2.24, 2.45) is 0 Å². The van der Waals surface area contributed by atoms with E-state index in [9.17, 15) is 13.9 Å². The minimum absolute atomic E-state index is 0.0371. The number of anilines is 2. The van der Waals surface area contributed by atoms with Gasteiger partial charge in [-0.05, 0) is 6.07 Å². The molecule has 0 spiro atoms. The second-order valence-electron chi connectivity index (χ2n) is 4.92. The molecule has 2 aromatic rings. The number of rotatable bonds is 3. The lowest BCUT2D eigenvalue weighted by Crippen LogP contribution is -2.33. The Bertz CT molecular complexity index is 633. The first-order valence-corrected chi connectivity index (χ1v) is 6.38. The summed E-state index contributed by atoms with van der Waals surface area (Å²) in [5, 5.41) is 13.3. The van der Waals surface area contributed by atoms with Crippen molar-refractivity contribution in [1.29, 1.82) is 0 Å². The van der Waals surface area contributed by atoms with Crippen molar-refractivity contribution in [2.75, 3.05) is 23.8 Å². The van der Waals surface area contributed by atoms with Gasteiger partial charge in [0.25, 0.3) is 5.92 Å². The lowest BCUT2D eigenvalue weighted by molar-refractivity contribution is 0.0201. The second kappa shape index (κ2) is 4.92. The van der Waals surface area contributed by atoms with Gasteiger partial charge in [0.1, 0.15) is 5.82 Å². The van der Waals surface area contributed by atoms with Crippen LogP contribution in [0.3, 0.4) is 0 Å². The van der Waals surface area contributed by atoms with Crippen molar-refractivity contribution < 1.29 is 13.9 Å². The summed E-state index contributed by atoms with van der Waals surface area (Å²) in [6.45, 7) is -0.885. The zero-order valence-corrected chi connectivity index (χ0v) is 11.0. The molecule has 1 unspecified atom stereocenters. The molecule has 0 saturated carbocycles. The summed E-state index contributed by atoms with van der Waals surface area (Å²) in [5.74, 6) is -2.26. The van der Waals surface area contributed by atoms with Gasteiger partial charge >= 0.3 is 0 Å². The van der Waals surface area contributed by atoms with Crippen molar-refractivity contribution in [2.45, 2.75) is 18.4 Å². The molecule has 1 atom stereocenters. The van der Waals surface area contributed by atoms with Crippen LogP contribution < -0.4 is 10.6 Å². The average Bonchev–Trinajstić information content (AvgIpc) is 3.05. The van der Waals surface area contributed by atoms with E-state index in [1.807, 2.05) is 0 Å². The highest BCUT2D eigenvalue weighted by Gasteiger charge is 2.45. The molecular formula is C12H14F2N6O. The Morgan fingerprint density at radius 1 is 1.38 bits per heavy atom. The van der Waals surface area contributed by atoms with Crippen LogP contribution in [0.2, 0.25) is 0 Å². The van der Waals surface area contributed by atoms with Crippen LogP contribution in [0.1, 0.15) is 6.42 Å². The smallest absolute Gasteiger partial charge is 0.267 e. The molecule has 112 valence electrons. The maximum atomic E-state index is 13.5. The average molecular weight is 296 g/mol. The van der Waals surface area contributed by atoms with E-state index in [2.05, 4.69) is 15.1 Å². The summed E-state index contributed by atoms with van der Waals surface area (Å²) in [6.07, 6.45) is 2.82. The van der Waals surface area contributed by atoms with Gasteiger partial charge in [-0.25, -0.2) is 13.5 Å². The van der Waals surface area contributed by atoms with Crippen molar-refractivity contribution in [3.05, 3.63) is 24.5 Å². The zero-order chi connectivity index (χ0) is 15.0. The minimum atomic E-state index is -2.86. The second-order valence-corrected chi connectivity index (χ2v) is 4.92. The van der Waals surface area contributed by atoms with Crippen LogP contribution in [0.5, 0.6) is 0 Å². The van der Waals surface area contributed by atoms with E-state index in [-0.39, 0.29) is 18.4 Å². The molecule has 7 nitrogen and oxygen atoms in total. The lowest BCUT2D eigenvalue weighted by atomic mass is 10.2. The molecular weight excluding hydrogens is 282 g/mol. The number of nitrogens with two attached hydrogens (primary N) is 1. The van der Waals surface area contributed by atoms with Gasteiger partial charge in [0, 0.05) is 24.9 Å². The van der Waals surface area contributed by atoms with E-state index in [0.29, 0.717) is 5.82 Å². The molecule has 0 radical (unpaired) electrons. The van der Waals surface area contributed by atoms with E-state index < -0.39 is 24.9 Å². The highest BCUT2D eigenvalue weighted by Crippen LogP contribution is 2.35. The first-order valence-electron chi connectivity index (χ1n) is 6.38. The predicted octanol–water partition coefficient (Wildman–Crippen LogP) is 0.451. The summed E-state index contributed by atoms with van der Waals surface area (Å²) in [5.41, 5.74) is 5.65. The fourth-order valence-corrected chi connectivity index (χ4v) is 2.44. The Morgan fingerprint density at radius 3 is 2.81 bits per heavy atom. The van der Waals surface area contributed by atoms with Crippen molar-refractivity contribution >= 4 is 11.8 Å². The summed E-state index contributed by atoms with van der Waals surface area (Å²) < 4.78 is 28.6. The number of nitrogen functional groups attached to an aromatic ring is 1. The van der Waals surface area contributed by atoms with Gasteiger partial charge in [-0.2, -0.15) is 15.1 Å². The molecule has 2 aromatic heterocycles. The third-order valence-corrected chi connectivity index (χ3v) is 3.34. The van der Waals surface area contributed by atoms with Gasteiger partial charge in [-0.1, -0.05) is 0 Å². The van der Waals surface area contributed by atoms with Gasteiger partial charge in [0.05, 0.1) is 19.2 Å². The number of nitrogens with zero attached hydrogens (tertiary/aromatic N) is 5. The van der Waals surface area contributed by atoms with E-state index >= 15 is 0 Å². The minimum Gasteiger partial charge on any atom is -0.394 e. The molecule has 3 N–H and O–H groups in total. The van der Waals surface area contributed by atoms with Gasteiger partial charge in [0.2, 0.25) is 5.95 Å². The summed E-state index contributed by atoms with van der Waals surface area (Å²) in [6, 6.07) is 2.53. The predicted molar refractivity (Wildman–Crippen MR) is 71.4 cm³/mol. The molecule has 0 amide bonds. The van der Waals surface area contributed by atoms with Gasteiger partial charge in [0.15, 0.2) is 5.82 Å². The van der Waals surface area contributed by atoms with Crippen molar-refractivity contribution in [3.63, 3.8) is 0 Å². The summed E-state index contributed by atoms with van der Waals surface area (Å²) >= 11 is 0. The highest BCUT2D eigenvalue weighted by atomic mass is 19.3. The van der Waals surface area contributed by atoms with Crippen LogP contribution in [0.4, 0.5) is 20.5 Å². The largest absolute Gasteiger partial charge is 0.394 e. The van der Waals surface area contributed by atoms with Gasteiger partial charge in [-0.3, -0.25) is 0 Å². The van der Waals surface area contributed by atoms with Crippen LogP contribution in [-0.2, 0) is 0 Å². The summed E-state index contributed by atoms with van der Waals surface area (Å²) in [7, 11) is 0. The maximum Gasteiger partial charge on any atom is 0.267 e. The van der Waals surface area contributed by atoms with Crippen molar-refractivity contribution in [3.8, 4) is 5.82 Å². The molecule has 0 aliphatic carbocycles. The number of halogens is 2. The monoisotopic (exact) mass is 296 g/mol. The van der Waals surface area contributed by atoms with Crippen molar-refractivity contribution in [1.82, 2.24) is 19.7 Å². The third kappa shape index (κ3) is 2.64. The Labute approximate surface area is 119 Å². The number of hydrogen-bond acceptors (Lipinski definition) is 6. The quantitative estimate of drug-likeness (QED) is 0.854. The number of hydrogen-bond donors (Lipinski definition) is 2. The first kappa shape index (κ1) is 13.7. The van der Waals surface area contributed by atoms with Crippen LogP contribution in [0, 0.1) is 0 Å². The fraction of sp³-hybridized carbons (Fsp3) is 0.417.